The molecule has 2 aromatic rings. The molecule has 2 aliphatic rings. The second kappa shape index (κ2) is 9.00. The first kappa shape index (κ1) is 21.8. The van der Waals surface area contributed by atoms with Gasteiger partial charge in [-0.25, -0.2) is 4.79 Å². The van der Waals surface area contributed by atoms with Crippen molar-refractivity contribution in [2.75, 3.05) is 24.1 Å². The van der Waals surface area contributed by atoms with Gasteiger partial charge in [0.1, 0.15) is 0 Å². The van der Waals surface area contributed by atoms with Crippen molar-refractivity contribution >= 4 is 61.0 Å². The third-order valence-electron chi connectivity index (χ3n) is 5.78. The zero-order chi connectivity index (χ0) is 22.1. The summed E-state index contributed by atoms with van der Waals surface area (Å²) in [5.41, 5.74) is 8.81. The molecule has 0 bridgehead atoms. The Kier molecular flexibility index (Phi) is 6.34. The normalized spacial score (nSPS) is 18.0. The van der Waals surface area contributed by atoms with E-state index in [1.807, 2.05) is 24.3 Å². The Morgan fingerprint density at radius 3 is 2.58 bits per heavy atom. The standard InChI is InChI=1S/C22H22Br2N4O3/c23-16-9-14(10-17(24)21(16)25)19(29)5-6-20(30)27-8-7-15(12-27)28-11-13-3-1-2-4-18(13)26-22(28)31/h1-4,9-10,15H,5-8,11-12,25H2,(H,26,31). The van der Waals surface area contributed by atoms with Gasteiger partial charge in [0, 0.05) is 52.7 Å². The van der Waals surface area contributed by atoms with Crippen LogP contribution >= 0.6 is 31.9 Å². The molecule has 1 atom stereocenters. The summed E-state index contributed by atoms with van der Waals surface area (Å²) in [6, 6.07) is 10.9. The first-order valence-electron chi connectivity index (χ1n) is 10.0. The number of likely N-dealkylation sites (tertiary alicyclic amines) is 1. The summed E-state index contributed by atoms with van der Waals surface area (Å²) in [5, 5.41) is 2.92. The third-order valence-corrected chi connectivity index (χ3v) is 7.10. The SMILES string of the molecule is Nc1c(Br)cc(C(=O)CCC(=O)N2CCC(N3Cc4ccccc4NC3=O)C2)cc1Br. The minimum absolute atomic E-state index is 0.0305. The molecule has 1 unspecified atom stereocenters. The van der Waals surface area contributed by atoms with Gasteiger partial charge in [0.2, 0.25) is 5.91 Å². The van der Waals surface area contributed by atoms with E-state index in [0.717, 1.165) is 17.7 Å². The van der Waals surface area contributed by atoms with E-state index in [1.54, 1.807) is 21.9 Å². The number of halogens is 2. The van der Waals surface area contributed by atoms with Crippen LogP contribution in [0.2, 0.25) is 0 Å². The molecule has 1 saturated heterocycles. The highest BCUT2D eigenvalue weighted by molar-refractivity contribution is 9.11. The quantitative estimate of drug-likeness (QED) is 0.426. The van der Waals surface area contributed by atoms with E-state index in [2.05, 4.69) is 37.2 Å². The Bertz CT molecular complexity index is 1040. The number of nitrogen functional groups attached to an aromatic ring is 1. The number of urea groups is 1. The van der Waals surface area contributed by atoms with Gasteiger partial charge in [-0.1, -0.05) is 18.2 Å². The van der Waals surface area contributed by atoms with Crippen molar-refractivity contribution in [3.8, 4) is 0 Å². The van der Waals surface area contributed by atoms with Crippen LogP contribution in [0.4, 0.5) is 16.2 Å². The van der Waals surface area contributed by atoms with Crippen LogP contribution < -0.4 is 11.1 Å². The Morgan fingerprint density at radius 2 is 1.84 bits per heavy atom. The zero-order valence-corrected chi connectivity index (χ0v) is 19.9. The summed E-state index contributed by atoms with van der Waals surface area (Å²) in [5.74, 6) is -0.181. The Hall–Kier alpha value is -2.39. The predicted octanol–water partition coefficient (Wildman–Crippen LogP) is 4.41. The molecule has 2 aliphatic heterocycles. The summed E-state index contributed by atoms with van der Waals surface area (Å²) in [7, 11) is 0. The van der Waals surface area contributed by atoms with E-state index >= 15 is 0 Å². The molecular formula is C22H22Br2N4O3. The van der Waals surface area contributed by atoms with Gasteiger partial charge < -0.3 is 20.9 Å². The molecule has 0 spiro atoms. The van der Waals surface area contributed by atoms with E-state index in [9.17, 15) is 14.4 Å². The molecule has 162 valence electrons. The number of hydrogen-bond donors (Lipinski definition) is 2. The van der Waals surface area contributed by atoms with E-state index in [1.165, 1.54) is 0 Å². The van der Waals surface area contributed by atoms with E-state index < -0.39 is 0 Å². The van der Waals surface area contributed by atoms with E-state index in [0.29, 0.717) is 39.8 Å². The van der Waals surface area contributed by atoms with Gasteiger partial charge in [0.25, 0.3) is 0 Å². The Morgan fingerprint density at radius 1 is 1.13 bits per heavy atom. The number of nitrogens with two attached hydrogens (primary N) is 1. The highest BCUT2D eigenvalue weighted by Gasteiger charge is 2.35. The second-order valence-corrected chi connectivity index (χ2v) is 9.48. The molecule has 2 heterocycles. The predicted molar refractivity (Wildman–Crippen MR) is 126 cm³/mol. The lowest BCUT2D eigenvalue weighted by atomic mass is 10.1. The van der Waals surface area contributed by atoms with E-state index in [-0.39, 0.29) is 36.6 Å². The highest BCUT2D eigenvalue weighted by atomic mass is 79.9. The average molecular weight is 550 g/mol. The summed E-state index contributed by atoms with van der Waals surface area (Å²) >= 11 is 6.68. The van der Waals surface area contributed by atoms with Crippen LogP contribution in [-0.2, 0) is 11.3 Å². The van der Waals surface area contributed by atoms with Crippen LogP contribution in [-0.4, -0.2) is 46.7 Å². The number of fused-ring (bicyclic) bond motifs is 1. The number of amides is 3. The minimum atomic E-state index is -0.132. The number of carbonyl (C=O) groups excluding carboxylic acids is 3. The number of nitrogens with zero attached hydrogens (tertiary/aromatic N) is 2. The first-order valence-corrected chi connectivity index (χ1v) is 11.6. The number of ketones is 1. The first-order chi connectivity index (χ1) is 14.8. The molecular weight excluding hydrogens is 528 g/mol. The number of benzene rings is 2. The molecule has 2 aromatic carbocycles. The van der Waals surface area contributed by atoms with Crippen molar-refractivity contribution in [3.63, 3.8) is 0 Å². The van der Waals surface area contributed by atoms with Gasteiger partial charge in [-0.15, -0.1) is 0 Å². The molecule has 0 radical (unpaired) electrons. The number of rotatable bonds is 5. The van der Waals surface area contributed by atoms with Gasteiger partial charge in [0.05, 0.1) is 11.7 Å². The molecule has 9 heteroatoms. The Balaban J connectivity index is 1.33. The number of hydrogen-bond acceptors (Lipinski definition) is 4. The average Bonchev–Trinajstić information content (AvgIpc) is 3.24. The van der Waals surface area contributed by atoms with Crippen LogP contribution in [0.3, 0.4) is 0 Å². The van der Waals surface area contributed by atoms with Crippen LogP contribution in [0, 0.1) is 0 Å². The lowest BCUT2D eigenvalue weighted by Crippen LogP contribution is -2.46. The molecule has 7 nitrogen and oxygen atoms in total. The fourth-order valence-electron chi connectivity index (χ4n) is 4.01. The largest absolute Gasteiger partial charge is 0.397 e. The Labute approximate surface area is 197 Å². The lowest BCUT2D eigenvalue weighted by Gasteiger charge is -2.33. The van der Waals surface area contributed by atoms with Crippen molar-refractivity contribution in [3.05, 3.63) is 56.5 Å². The van der Waals surface area contributed by atoms with Crippen molar-refractivity contribution in [2.45, 2.75) is 31.8 Å². The molecule has 1 fully saturated rings. The minimum Gasteiger partial charge on any atom is -0.397 e. The summed E-state index contributed by atoms with van der Waals surface area (Å²) in [4.78, 5) is 41.3. The molecule has 3 N–H and O–H groups in total. The van der Waals surface area contributed by atoms with Crippen molar-refractivity contribution in [1.82, 2.24) is 9.80 Å². The molecule has 0 aliphatic carbocycles. The van der Waals surface area contributed by atoms with Gasteiger partial charge in [0.15, 0.2) is 5.78 Å². The maximum absolute atomic E-state index is 12.7. The summed E-state index contributed by atoms with van der Waals surface area (Å²) in [6.45, 7) is 1.61. The second-order valence-electron chi connectivity index (χ2n) is 7.77. The fraction of sp³-hybridized carbons (Fsp3) is 0.318. The van der Waals surface area contributed by atoms with Crippen LogP contribution in [0.1, 0.15) is 35.2 Å². The smallest absolute Gasteiger partial charge is 0.322 e. The molecule has 31 heavy (non-hydrogen) atoms. The van der Waals surface area contributed by atoms with Crippen LogP contribution in [0.15, 0.2) is 45.3 Å². The molecule has 3 amide bonds. The van der Waals surface area contributed by atoms with Gasteiger partial charge in [-0.2, -0.15) is 0 Å². The number of nitrogens with one attached hydrogen (secondary N) is 1. The number of anilines is 2. The van der Waals surface area contributed by atoms with Crippen LogP contribution in [0.5, 0.6) is 0 Å². The van der Waals surface area contributed by atoms with Gasteiger partial charge in [-0.05, 0) is 62.0 Å². The monoisotopic (exact) mass is 548 g/mol. The van der Waals surface area contributed by atoms with Crippen molar-refractivity contribution in [1.29, 1.82) is 0 Å². The van der Waals surface area contributed by atoms with Gasteiger partial charge in [-0.3, -0.25) is 9.59 Å². The number of carbonyl (C=O) groups is 3. The van der Waals surface area contributed by atoms with Crippen molar-refractivity contribution < 1.29 is 14.4 Å². The summed E-state index contributed by atoms with van der Waals surface area (Å²) in [6.07, 6.45) is 0.994. The lowest BCUT2D eigenvalue weighted by molar-refractivity contribution is -0.130. The molecule has 4 rings (SSSR count). The molecule has 0 saturated carbocycles. The topological polar surface area (TPSA) is 95.7 Å². The molecule has 0 aromatic heterocycles. The number of Topliss-reactive ketones (excluding diaryl/α,β-unsaturated/α-hetero) is 1. The highest BCUT2D eigenvalue weighted by Crippen LogP contribution is 2.30. The summed E-state index contributed by atoms with van der Waals surface area (Å²) < 4.78 is 1.28. The van der Waals surface area contributed by atoms with E-state index in [4.69, 9.17) is 5.73 Å². The maximum Gasteiger partial charge on any atom is 0.322 e. The van der Waals surface area contributed by atoms with Crippen molar-refractivity contribution in [2.24, 2.45) is 0 Å². The van der Waals surface area contributed by atoms with Gasteiger partial charge >= 0.3 is 6.03 Å². The third kappa shape index (κ3) is 4.62. The van der Waals surface area contributed by atoms with Crippen LogP contribution in [0.25, 0.3) is 0 Å². The maximum atomic E-state index is 12.7. The number of para-hydroxylation sites is 1. The zero-order valence-electron chi connectivity index (χ0n) is 16.7. The fourth-order valence-corrected chi connectivity index (χ4v) is 5.19.